The first-order valence-electron chi connectivity index (χ1n) is 19.6. The lowest BCUT2D eigenvalue weighted by molar-refractivity contribution is 0.669. The first-order chi connectivity index (χ1) is 29.2. The summed E-state index contributed by atoms with van der Waals surface area (Å²) in [6.07, 6.45) is 0. The highest BCUT2D eigenvalue weighted by Gasteiger charge is 2.25. The van der Waals surface area contributed by atoms with Gasteiger partial charge < -0.3 is 8.83 Å². The zero-order valence-corrected chi connectivity index (χ0v) is 31.9. The van der Waals surface area contributed by atoms with Gasteiger partial charge in [-0.3, -0.25) is 9.13 Å². The molecule has 0 atom stereocenters. The highest BCUT2D eigenvalue weighted by molar-refractivity contribution is 7.26. The zero-order chi connectivity index (χ0) is 38.3. The molecule has 0 bridgehead atoms. The first kappa shape index (κ1) is 31.3. The molecule has 0 radical (unpaired) electrons. The molecule has 8 aromatic carbocycles. The summed E-state index contributed by atoms with van der Waals surface area (Å²) in [5.74, 6) is 1.58. The fourth-order valence-corrected chi connectivity index (χ4v) is 10.7. The molecule has 0 aliphatic heterocycles. The predicted octanol–water partition coefficient (Wildman–Crippen LogP) is 13.9. The van der Waals surface area contributed by atoms with E-state index in [-0.39, 0.29) is 0 Å². The molecule has 0 N–H and O–H groups in total. The van der Waals surface area contributed by atoms with E-state index in [2.05, 4.69) is 130 Å². The van der Waals surface area contributed by atoms with E-state index in [1.54, 1.807) is 0 Å². The number of hydrogen-bond donors (Lipinski definition) is 0. The predicted molar refractivity (Wildman–Crippen MR) is 241 cm³/mol. The molecule has 14 rings (SSSR count). The van der Waals surface area contributed by atoms with Gasteiger partial charge in [0.2, 0.25) is 11.9 Å². The third-order valence-electron chi connectivity index (χ3n) is 12.0. The summed E-state index contributed by atoms with van der Waals surface area (Å²) in [5.41, 5.74) is 8.12. The molecule has 0 aliphatic rings. The van der Waals surface area contributed by atoms with Crippen LogP contribution in [0.2, 0.25) is 0 Å². The summed E-state index contributed by atoms with van der Waals surface area (Å²) in [4.78, 5) is 16.3. The molecule has 7 nitrogen and oxygen atoms in total. The van der Waals surface area contributed by atoms with Crippen molar-refractivity contribution < 1.29 is 8.83 Å². The van der Waals surface area contributed by atoms with E-state index in [1.165, 1.54) is 20.2 Å². The molecule has 59 heavy (non-hydrogen) atoms. The molecule has 0 spiro atoms. The number of furan rings is 2. The lowest BCUT2D eigenvalue weighted by atomic mass is 10.1. The summed E-state index contributed by atoms with van der Waals surface area (Å²) >= 11 is 1.81. The van der Waals surface area contributed by atoms with Crippen LogP contribution in [0, 0.1) is 0 Å². The number of nitrogens with zero attached hydrogens (tertiary/aromatic N) is 5. The molecule has 0 saturated heterocycles. The maximum Gasteiger partial charge on any atom is 0.240 e. The summed E-state index contributed by atoms with van der Waals surface area (Å²) in [7, 11) is 0. The van der Waals surface area contributed by atoms with Gasteiger partial charge >= 0.3 is 0 Å². The van der Waals surface area contributed by atoms with E-state index in [0.29, 0.717) is 17.7 Å². The van der Waals surface area contributed by atoms with E-state index in [0.717, 1.165) is 93.1 Å². The summed E-state index contributed by atoms with van der Waals surface area (Å²) in [5, 5.41) is 11.0. The molecule has 0 unspecified atom stereocenters. The van der Waals surface area contributed by atoms with Crippen LogP contribution in [0.4, 0.5) is 0 Å². The number of fused-ring (bicyclic) bond motifs is 17. The highest BCUT2D eigenvalue weighted by Crippen LogP contribution is 2.44. The molecule has 0 saturated carbocycles. The van der Waals surface area contributed by atoms with Crippen molar-refractivity contribution in [3.8, 4) is 23.3 Å². The maximum absolute atomic E-state index is 6.74. The van der Waals surface area contributed by atoms with E-state index in [4.69, 9.17) is 23.8 Å². The molecule has 0 aliphatic carbocycles. The van der Waals surface area contributed by atoms with Gasteiger partial charge in [0.1, 0.15) is 22.3 Å². The topological polar surface area (TPSA) is 74.8 Å². The lowest BCUT2D eigenvalue weighted by Crippen LogP contribution is -2.10. The zero-order valence-electron chi connectivity index (χ0n) is 31.0. The van der Waals surface area contributed by atoms with Gasteiger partial charge in [0.25, 0.3) is 0 Å². The third-order valence-corrected chi connectivity index (χ3v) is 13.2. The summed E-state index contributed by atoms with van der Waals surface area (Å²) in [6, 6.07) is 57.1. The summed E-state index contributed by atoms with van der Waals surface area (Å²) in [6.45, 7) is 0. The second-order valence-corrected chi connectivity index (χ2v) is 16.2. The maximum atomic E-state index is 6.74. The minimum Gasteiger partial charge on any atom is -0.456 e. The number of thiophene rings is 1. The second kappa shape index (κ2) is 11.4. The fraction of sp³-hybridized carbons (Fsp3) is 0. The van der Waals surface area contributed by atoms with Gasteiger partial charge in [-0.2, -0.15) is 15.0 Å². The van der Waals surface area contributed by atoms with Crippen molar-refractivity contribution in [2.24, 2.45) is 0 Å². The van der Waals surface area contributed by atoms with Gasteiger partial charge in [-0.15, -0.1) is 11.3 Å². The molecule has 14 aromatic rings. The average molecular weight is 774 g/mol. The van der Waals surface area contributed by atoms with Gasteiger partial charge in [-0.05, 0) is 54.6 Å². The van der Waals surface area contributed by atoms with Crippen LogP contribution in [0.15, 0.2) is 173 Å². The minimum absolute atomic E-state index is 0.496. The molecular formula is C51H27N5O2S. The van der Waals surface area contributed by atoms with E-state index in [9.17, 15) is 0 Å². The van der Waals surface area contributed by atoms with Crippen LogP contribution in [-0.2, 0) is 0 Å². The number of hydrogen-bond acceptors (Lipinski definition) is 6. The largest absolute Gasteiger partial charge is 0.456 e. The summed E-state index contributed by atoms with van der Waals surface area (Å²) < 4.78 is 19.8. The van der Waals surface area contributed by atoms with Crippen molar-refractivity contribution in [2.75, 3.05) is 0 Å². The Labute approximate surface area is 337 Å². The van der Waals surface area contributed by atoms with Gasteiger partial charge in [-0.25, -0.2) is 0 Å². The molecule has 6 aromatic heterocycles. The molecule has 6 heterocycles. The van der Waals surface area contributed by atoms with Crippen molar-refractivity contribution in [3.63, 3.8) is 0 Å². The van der Waals surface area contributed by atoms with Crippen LogP contribution in [0.5, 0.6) is 0 Å². The van der Waals surface area contributed by atoms with E-state index < -0.39 is 0 Å². The van der Waals surface area contributed by atoms with Crippen molar-refractivity contribution in [2.45, 2.75) is 0 Å². The van der Waals surface area contributed by atoms with Crippen LogP contribution < -0.4 is 0 Å². The van der Waals surface area contributed by atoms with Crippen molar-refractivity contribution >= 4 is 119 Å². The van der Waals surface area contributed by atoms with E-state index >= 15 is 0 Å². The Bertz CT molecular complexity index is 3900. The molecule has 0 amide bonds. The van der Waals surface area contributed by atoms with Crippen molar-refractivity contribution in [3.05, 3.63) is 164 Å². The van der Waals surface area contributed by atoms with Crippen LogP contribution in [0.3, 0.4) is 0 Å². The number of benzene rings is 8. The quantitative estimate of drug-likeness (QED) is 0.179. The minimum atomic E-state index is 0.496. The Morgan fingerprint density at radius 2 is 0.932 bits per heavy atom. The number of para-hydroxylation sites is 4. The Balaban J connectivity index is 1.15. The van der Waals surface area contributed by atoms with Crippen LogP contribution in [0.1, 0.15) is 0 Å². The molecule has 8 heteroatoms. The van der Waals surface area contributed by atoms with Crippen LogP contribution in [0.25, 0.3) is 131 Å². The Kier molecular flexibility index (Phi) is 6.05. The molecular weight excluding hydrogens is 747 g/mol. The van der Waals surface area contributed by atoms with E-state index in [1.807, 2.05) is 53.8 Å². The van der Waals surface area contributed by atoms with Gasteiger partial charge in [-0.1, -0.05) is 109 Å². The first-order valence-corrected chi connectivity index (χ1v) is 20.4. The number of rotatable bonds is 3. The number of aromatic nitrogens is 5. The highest BCUT2D eigenvalue weighted by atomic mass is 32.1. The molecule has 0 fully saturated rings. The lowest BCUT2D eigenvalue weighted by Gasteiger charge is -2.13. The van der Waals surface area contributed by atoms with Crippen LogP contribution >= 0.6 is 11.3 Å². The van der Waals surface area contributed by atoms with Gasteiger partial charge in [0.15, 0.2) is 11.4 Å². The SMILES string of the molecule is c1ccc2c(c1)oc1ccc(-c3nc(-n4c5ccccc5c5ccc6c7ccccc7oc6c54)nc(-n4c5ccccc5c5ccc6c7ccccc7sc6c54)n3)cc12. The van der Waals surface area contributed by atoms with Gasteiger partial charge in [0.05, 0.1) is 21.3 Å². The van der Waals surface area contributed by atoms with Gasteiger partial charge in [0, 0.05) is 64.1 Å². The Morgan fingerprint density at radius 1 is 0.390 bits per heavy atom. The fourth-order valence-electron chi connectivity index (χ4n) is 9.43. The van der Waals surface area contributed by atoms with Crippen LogP contribution in [-0.4, -0.2) is 24.1 Å². The normalized spacial score (nSPS) is 12.4. The Hall–Kier alpha value is -7.81. The van der Waals surface area contributed by atoms with Crippen molar-refractivity contribution in [1.29, 1.82) is 0 Å². The monoisotopic (exact) mass is 773 g/mol. The van der Waals surface area contributed by atoms with Crippen molar-refractivity contribution in [1.82, 2.24) is 24.1 Å². The second-order valence-electron chi connectivity index (χ2n) is 15.1. The third kappa shape index (κ3) is 4.22. The average Bonchev–Trinajstić information content (AvgIpc) is 4.10. The Morgan fingerprint density at radius 3 is 1.68 bits per heavy atom. The smallest absolute Gasteiger partial charge is 0.240 e. The molecule has 274 valence electrons. The standard InChI is InChI=1S/C51H27N5O2S/c1-6-16-39-29(11-1)34-22-24-36-31-13-3-9-19-42(31)58-47(36)45(34)55(39)50-52-49(28-21-26-43-38(27-28)32-14-4-8-18-41(32)57-43)53-51(54-50)56-40-17-7-2-12-30(40)35-23-25-37-33-15-5-10-20-44(33)59-48(37)46(35)56/h1-27H.